The van der Waals surface area contributed by atoms with Crippen LogP contribution in [-0.4, -0.2) is 9.13 Å². The lowest BCUT2D eigenvalue weighted by Gasteiger charge is -2.16. The summed E-state index contributed by atoms with van der Waals surface area (Å²) in [5.74, 6) is 0. The average molecular weight is 636 g/mol. The Morgan fingerprint density at radius 3 is 1.68 bits per heavy atom. The SMILES string of the molecule is [C-]#[N+]c1ccc(-n2c3ccccc3c3cc(C#N)ccc32)cc1-c1cc(C#N)cc(-c2ccccc2-n2c3ccccc3c3ccccc32)c1. The van der Waals surface area contributed by atoms with Gasteiger partial charge < -0.3 is 9.13 Å². The molecule has 0 unspecified atom stereocenters. The highest BCUT2D eigenvalue weighted by Crippen LogP contribution is 2.41. The third-order valence-electron chi connectivity index (χ3n) is 9.57. The molecule has 5 nitrogen and oxygen atoms in total. The first-order valence-corrected chi connectivity index (χ1v) is 16.3. The molecule has 0 atom stereocenters. The van der Waals surface area contributed by atoms with Crippen LogP contribution in [0.1, 0.15) is 11.1 Å². The lowest BCUT2D eigenvalue weighted by atomic mass is 9.94. The smallest absolute Gasteiger partial charge is 0.195 e. The van der Waals surface area contributed by atoms with Crippen molar-refractivity contribution in [2.24, 2.45) is 0 Å². The molecule has 0 aliphatic rings. The van der Waals surface area contributed by atoms with Crippen molar-refractivity contribution in [1.29, 1.82) is 10.5 Å². The zero-order chi connectivity index (χ0) is 33.8. The Morgan fingerprint density at radius 2 is 1.02 bits per heavy atom. The molecule has 0 aliphatic heterocycles. The van der Waals surface area contributed by atoms with Crippen LogP contribution in [0.25, 0.3) is 82.1 Å². The van der Waals surface area contributed by atoms with E-state index in [-0.39, 0.29) is 0 Å². The summed E-state index contributed by atoms with van der Waals surface area (Å²) in [5, 5.41) is 24.3. The average Bonchev–Trinajstić information content (AvgIpc) is 3.70. The highest BCUT2D eigenvalue weighted by molar-refractivity contribution is 6.11. The fraction of sp³-hybridized carbons (Fsp3) is 0. The number of fused-ring (bicyclic) bond motifs is 6. The van der Waals surface area contributed by atoms with E-state index < -0.39 is 0 Å². The fourth-order valence-electron chi connectivity index (χ4n) is 7.41. The molecule has 0 N–H and O–H groups in total. The first-order valence-electron chi connectivity index (χ1n) is 16.3. The summed E-state index contributed by atoms with van der Waals surface area (Å²) in [4.78, 5) is 3.92. The summed E-state index contributed by atoms with van der Waals surface area (Å²) in [6.07, 6.45) is 0. The summed E-state index contributed by atoms with van der Waals surface area (Å²) >= 11 is 0. The molecule has 2 aromatic heterocycles. The summed E-state index contributed by atoms with van der Waals surface area (Å²) in [7, 11) is 0. The minimum absolute atomic E-state index is 0.498. The molecular weight excluding hydrogens is 611 g/mol. The second-order valence-electron chi connectivity index (χ2n) is 12.3. The molecule has 9 aromatic rings. The third-order valence-corrected chi connectivity index (χ3v) is 9.57. The number of aromatic nitrogens is 2. The fourth-order valence-corrected chi connectivity index (χ4v) is 7.41. The van der Waals surface area contributed by atoms with E-state index in [1.807, 2.05) is 72.8 Å². The van der Waals surface area contributed by atoms with Crippen molar-refractivity contribution in [1.82, 2.24) is 9.13 Å². The number of para-hydroxylation sites is 4. The van der Waals surface area contributed by atoms with Gasteiger partial charge in [0, 0.05) is 32.8 Å². The molecule has 5 heteroatoms. The summed E-state index contributed by atoms with van der Waals surface area (Å²) in [5.41, 5.74) is 11.1. The summed E-state index contributed by atoms with van der Waals surface area (Å²) < 4.78 is 4.47. The van der Waals surface area contributed by atoms with E-state index >= 15 is 0 Å². The van der Waals surface area contributed by atoms with Crippen LogP contribution in [-0.2, 0) is 0 Å². The number of benzene rings is 7. The number of hydrogen-bond donors (Lipinski definition) is 0. The number of nitrogens with zero attached hydrogens (tertiary/aromatic N) is 5. The van der Waals surface area contributed by atoms with Gasteiger partial charge in [0.15, 0.2) is 5.69 Å². The van der Waals surface area contributed by atoms with E-state index in [4.69, 9.17) is 6.57 Å². The Bertz CT molecular complexity index is 2920. The van der Waals surface area contributed by atoms with E-state index in [1.165, 1.54) is 10.8 Å². The third kappa shape index (κ3) is 4.38. The van der Waals surface area contributed by atoms with Crippen LogP contribution in [0.4, 0.5) is 5.69 Å². The van der Waals surface area contributed by atoms with E-state index in [1.54, 1.807) is 0 Å². The molecule has 0 saturated carbocycles. The minimum atomic E-state index is 0.498. The predicted octanol–water partition coefficient (Wildman–Crippen LogP) is 11.5. The normalized spacial score (nSPS) is 11.1. The number of nitriles is 2. The Hall–Kier alpha value is -7.39. The highest BCUT2D eigenvalue weighted by atomic mass is 15.0. The van der Waals surface area contributed by atoms with Crippen molar-refractivity contribution in [2.45, 2.75) is 0 Å². The molecular formula is C45H25N5. The zero-order valence-corrected chi connectivity index (χ0v) is 26.7. The van der Waals surface area contributed by atoms with Crippen LogP contribution in [0.3, 0.4) is 0 Å². The Labute approximate surface area is 288 Å². The van der Waals surface area contributed by atoms with Gasteiger partial charge in [0.2, 0.25) is 0 Å². The van der Waals surface area contributed by atoms with Crippen LogP contribution < -0.4 is 0 Å². The van der Waals surface area contributed by atoms with Crippen LogP contribution in [0.5, 0.6) is 0 Å². The molecule has 230 valence electrons. The lowest BCUT2D eigenvalue weighted by molar-refractivity contribution is 1.18. The van der Waals surface area contributed by atoms with E-state index in [0.29, 0.717) is 16.8 Å². The van der Waals surface area contributed by atoms with Crippen molar-refractivity contribution in [3.63, 3.8) is 0 Å². The summed E-state index contributed by atoms with van der Waals surface area (Å²) in [6, 6.07) is 55.5. The maximum Gasteiger partial charge on any atom is 0.195 e. The van der Waals surface area contributed by atoms with Gasteiger partial charge >= 0.3 is 0 Å². The topological polar surface area (TPSA) is 61.8 Å². The Morgan fingerprint density at radius 1 is 0.460 bits per heavy atom. The van der Waals surface area contributed by atoms with Gasteiger partial charge in [-0.1, -0.05) is 78.9 Å². The van der Waals surface area contributed by atoms with Crippen LogP contribution >= 0.6 is 0 Å². The minimum Gasteiger partial charge on any atom is -0.309 e. The highest BCUT2D eigenvalue weighted by Gasteiger charge is 2.18. The Balaban J connectivity index is 1.27. The van der Waals surface area contributed by atoms with Gasteiger partial charge in [0.1, 0.15) is 0 Å². The van der Waals surface area contributed by atoms with Gasteiger partial charge in [0.05, 0.1) is 57.6 Å². The van der Waals surface area contributed by atoms with Crippen LogP contribution in [0.15, 0.2) is 152 Å². The van der Waals surface area contributed by atoms with E-state index in [2.05, 4.69) is 105 Å². The monoisotopic (exact) mass is 635 g/mol. The summed E-state index contributed by atoms with van der Waals surface area (Å²) in [6.45, 7) is 8.10. The Kier molecular flexibility index (Phi) is 6.56. The van der Waals surface area contributed by atoms with Gasteiger partial charge in [-0.2, -0.15) is 10.5 Å². The largest absolute Gasteiger partial charge is 0.309 e. The van der Waals surface area contributed by atoms with Crippen molar-refractivity contribution in [3.05, 3.63) is 174 Å². The van der Waals surface area contributed by atoms with E-state index in [9.17, 15) is 10.5 Å². The number of rotatable bonds is 4. The first kappa shape index (κ1) is 28.8. The van der Waals surface area contributed by atoms with Crippen LogP contribution in [0.2, 0.25) is 0 Å². The molecule has 0 spiro atoms. The standard InChI is InChI=1S/C45H25N5/c1-48-40-20-19-33(49-42-15-7-5-13-37(42)39-24-29(27-46)18-21-45(39)49)26-38(40)32-23-30(28-47)22-31(25-32)34-10-2-6-14-41(34)50-43-16-8-3-11-35(43)36-12-4-9-17-44(36)50/h2-26H. The maximum atomic E-state index is 10.3. The quantitative estimate of drug-likeness (QED) is 0.181. The maximum absolute atomic E-state index is 10.3. The zero-order valence-electron chi connectivity index (χ0n) is 26.7. The molecule has 0 fully saturated rings. The van der Waals surface area contributed by atoms with Gasteiger partial charge in [0.25, 0.3) is 0 Å². The van der Waals surface area contributed by atoms with Crippen molar-refractivity contribution >= 4 is 49.3 Å². The molecule has 0 amide bonds. The van der Waals surface area contributed by atoms with E-state index in [0.717, 1.165) is 66.5 Å². The molecule has 0 bridgehead atoms. The molecule has 2 heterocycles. The van der Waals surface area contributed by atoms with Crippen molar-refractivity contribution in [3.8, 4) is 45.8 Å². The van der Waals surface area contributed by atoms with Gasteiger partial charge in [-0.15, -0.1) is 0 Å². The molecule has 0 aliphatic carbocycles. The first-order chi connectivity index (χ1) is 24.7. The predicted molar refractivity (Wildman–Crippen MR) is 202 cm³/mol. The molecule has 50 heavy (non-hydrogen) atoms. The second-order valence-corrected chi connectivity index (χ2v) is 12.3. The van der Waals surface area contributed by atoms with Gasteiger partial charge in [-0.3, -0.25) is 0 Å². The van der Waals surface area contributed by atoms with Gasteiger partial charge in [-0.05, 0) is 89.5 Å². The van der Waals surface area contributed by atoms with Crippen molar-refractivity contribution in [2.75, 3.05) is 0 Å². The van der Waals surface area contributed by atoms with Crippen LogP contribution in [0, 0.1) is 29.2 Å². The molecule has 9 rings (SSSR count). The molecule has 7 aromatic carbocycles. The molecule has 0 saturated heterocycles. The van der Waals surface area contributed by atoms with Crippen molar-refractivity contribution < 1.29 is 0 Å². The van der Waals surface area contributed by atoms with Gasteiger partial charge in [-0.25, -0.2) is 4.85 Å². The number of hydrogen-bond acceptors (Lipinski definition) is 2. The second kappa shape index (κ2) is 11.4. The molecule has 0 radical (unpaired) electrons. The lowest BCUT2D eigenvalue weighted by Crippen LogP contribution is -1.98.